The van der Waals surface area contributed by atoms with Crippen LogP contribution in [0, 0.1) is 0 Å². The molecule has 3 rings (SSSR count). The van der Waals surface area contributed by atoms with E-state index in [0.717, 1.165) is 11.3 Å². The Morgan fingerprint density at radius 2 is 2.22 bits per heavy atom. The molecule has 120 valence electrons. The number of aromatic nitrogens is 2. The van der Waals surface area contributed by atoms with Crippen LogP contribution in [0.5, 0.6) is 0 Å². The molecule has 7 heteroatoms. The molecule has 0 saturated heterocycles. The fourth-order valence-electron chi connectivity index (χ4n) is 2.80. The average Bonchev–Trinajstić information content (AvgIpc) is 2.51. The summed E-state index contributed by atoms with van der Waals surface area (Å²) in [5.74, 6) is 0.882. The van der Waals surface area contributed by atoms with E-state index in [1.165, 1.54) is 11.8 Å². The lowest BCUT2D eigenvalue weighted by molar-refractivity contribution is -0.116. The zero-order valence-corrected chi connectivity index (χ0v) is 14.4. The summed E-state index contributed by atoms with van der Waals surface area (Å²) in [6.07, 6.45) is 0.213. The number of thioether (sulfide) groups is 1. The van der Waals surface area contributed by atoms with Crippen LogP contribution < -0.4 is 10.9 Å². The van der Waals surface area contributed by atoms with E-state index in [9.17, 15) is 9.59 Å². The molecule has 1 aliphatic rings. The van der Waals surface area contributed by atoms with Crippen LogP contribution in [0.15, 0.2) is 34.2 Å². The molecule has 1 unspecified atom stereocenters. The van der Waals surface area contributed by atoms with E-state index < -0.39 is 0 Å². The van der Waals surface area contributed by atoms with Crippen molar-refractivity contribution in [3.63, 3.8) is 0 Å². The molecule has 0 spiro atoms. The summed E-state index contributed by atoms with van der Waals surface area (Å²) in [5, 5.41) is 4.00. The number of carbonyl (C=O) groups is 1. The van der Waals surface area contributed by atoms with Crippen LogP contribution in [0.4, 0.5) is 5.82 Å². The Morgan fingerprint density at radius 1 is 1.43 bits per heavy atom. The molecule has 1 aliphatic heterocycles. The highest BCUT2D eigenvalue weighted by Crippen LogP contribution is 2.36. The smallest absolute Gasteiger partial charge is 0.279 e. The van der Waals surface area contributed by atoms with Crippen LogP contribution >= 0.6 is 23.4 Å². The minimum atomic E-state index is -0.329. The SMILES string of the molecule is CCSc1nc(=O)c2c(n1C)NC(=O)CC2c1cccc(Cl)c1. The first-order valence-corrected chi connectivity index (χ1v) is 8.66. The molecule has 1 aromatic heterocycles. The van der Waals surface area contributed by atoms with Gasteiger partial charge in [0.15, 0.2) is 5.16 Å². The lowest BCUT2D eigenvalue weighted by Crippen LogP contribution is -2.33. The molecule has 1 amide bonds. The Hall–Kier alpha value is -1.79. The van der Waals surface area contributed by atoms with Gasteiger partial charge in [0.05, 0.1) is 5.56 Å². The van der Waals surface area contributed by atoms with Gasteiger partial charge >= 0.3 is 0 Å². The molecule has 0 aliphatic carbocycles. The summed E-state index contributed by atoms with van der Waals surface area (Å²) in [4.78, 5) is 28.9. The van der Waals surface area contributed by atoms with Crippen LogP contribution in [-0.4, -0.2) is 21.2 Å². The van der Waals surface area contributed by atoms with Crippen LogP contribution in [0.3, 0.4) is 0 Å². The zero-order valence-electron chi connectivity index (χ0n) is 12.8. The molecule has 2 heterocycles. The molecule has 23 heavy (non-hydrogen) atoms. The molecular formula is C16H16ClN3O2S. The van der Waals surface area contributed by atoms with E-state index in [1.54, 1.807) is 16.7 Å². The van der Waals surface area contributed by atoms with Crippen molar-refractivity contribution >= 4 is 35.1 Å². The minimum Gasteiger partial charge on any atom is -0.312 e. The van der Waals surface area contributed by atoms with Gasteiger partial charge in [-0.15, -0.1) is 0 Å². The van der Waals surface area contributed by atoms with Gasteiger partial charge in [-0.3, -0.25) is 9.59 Å². The van der Waals surface area contributed by atoms with Crippen molar-refractivity contribution in [2.24, 2.45) is 7.05 Å². The second-order valence-electron chi connectivity index (χ2n) is 5.31. The predicted molar refractivity (Wildman–Crippen MR) is 92.4 cm³/mol. The van der Waals surface area contributed by atoms with E-state index in [0.29, 0.717) is 21.6 Å². The molecule has 1 atom stereocenters. The van der Waals surface area contributed by atoms with Crippen LogP contribution in [0.25, 0.3) is 0 Å². The number of fused-ring (bicyclic) bond motifs is 1. The summed E-state index contributed by atoms with van der Waals surface area (Å²) in [5.41, 5.74) is 1.08. The summed E-state index contributed by atoms with van der Waals surface area (Å²) in [7, 11) is 1.81. The number of hydrogen-bond acceptors (Lipinski definition) is 4. The van der Waals surface area contributed by atoms with Crippen LogP contribution in [0.2, 0.25) is 5.02 Å². The number of rotatable bonds is 3. The monoisotopic (exact) mass is 349 g/mol. The van der Waals surface area contributed by atoms with Crippen LogP contribution in [0.1, 0.15) is 30.4 Å². The maximum Gasteiger partial charge on any atom is 0.279 e. The highest BCUT2D eigenvalue weighted by Gasteiger charge is 2.32. The normalized spacial score (nSPS) is 16.8. The van der Waals surface area contributed by atoms with Gasteiger partial charge < -0.3 is 9.88 Å². The van der Waals surface area contributed by atoms with Gasteiger partial charge in [-0.25, -0.2) is 0 Å². The predicted octanol–water partition coefficient (Wildman–Crippen LogP) is 3.02. The van der Waals surface area contributed by atoms with Crippen LogP contribution in [-0.2, 0) is 11.8 Å². The number of benzene rings is 1. The summed E-state index contributed by atoms with van der Waals surface area (Å²) in [6, 6.07) is 7.27. The molecule has 0 radical (unpaired) electrons. The first-order valence-electron chi connectivity index (χ1n) is 7.30. The average molecular weight is 350 g/mol. The summed E-state index contributed by atoms with van der Waals surface area (Å²) < 4.78 is 1.78. The maximum atomic E-state index is 12.6. The largest absolute Gasteiger partial charge is 0.312 e. The number of nitrogens with one attached hydrogen (secondary N) is 1. The van der Waals surface area contributed by atoms with Gasteiger partial charge in [-0.1, -0.05) is 42.4 Å². The van der Waals surface area contributed by atoms with Crippen molar-refractivity contribution in [2.75, 3.05) is 11.1 Å². The molecule has 2 aromatic rings. The minimum absolute atomic E-state index is 0.115. The van der Waals surface area contributed by atoms with Gasteiger partial charge in [-0.2, -0.15) is 4.98 Å². The molecule has 0 bridgehead atoms. The molecule has 1 aromatic carbocycles. The lowest BCUT2D eigenvalue weighted by Gasteiger charge is -2.27. The van der Waals surface area contributed by atoms with Gasteiger partial charge in [0.1, 0.15) is 5.82 Å². The van der Waals surface area contributed by atoms with E-state index in [1.807, 2.05) is 26.1 Å². The Labute approximate surface area is 143 Å². The van der Waals surface area contributed by atoms with Crippen molar-refractivity contribution in [2.45, 2.75) is 24.4 Å². The van der Waals surface area contributed by atoms with Gasteiger partial charge in [0, 0.05) is 24.4 Å². The van der Waals surface area contributed by atoms with E-state index in [-0.39, 0.29) is 23.8 Å². The zero-order chi connectivity index (χ0) is 16.6. The van der Waals surface area contributed by atoms with Crippen molar-refractivity contribution in [3.05, 3.63) is 50.8 Å². The number of anilines is 1. The van der Waals surface area contributed by atoms with Crippen molar-refractivity contribution in [3.8, 4) is 0 Å². The maximum absolute atomic E-state index is 12.6. The second kappa shape index (κ2) is 6.37. The molecule has 1 N–H and O–H groups in total. The van der Waals surface area contributed by atoms with Gasteiger partial charge in [0.25, 0.3) is 5.56 Å². The fourth-order valence-corrected chi connectivity index (χ4v) is 3.69. The third-order valence-corrected chi connectivity index (χ3v) is 4.97. The fraction of sp³-hybridized carbons (Fsp3) is 0.312. The first kappa shape index (κ1) is 16.1. The number of carbonyl (C=O) groups excluding carboxylic acids is 1. The van der Waals surface area contributed by atoms with Crippen molar-refractivity contribution in [1.82, 2.24) is 9.55 Å². The lowest BCUT2D eigenvalue weighted by atomic mass is 9.87. The van der Waals surface area contributed by atoms with E-state index in [2.05, 4.69) is 10.3 Å². The van der Waals surface area contributed by atoms with Gasteiger partial charge in [0.2, 0.25) is 5.91 Å². The highest BCUT2D eigenvalue weighted by atomic mass is 35.5. The number of halogens is 1. The van der Waals surface area contributed by atoms with Crippen molar-refractivity contribution < 1.29 is 4.79 Å². The standard InChI is InChI=1S/C16H16ClN3O2S/c1-3-23-16-19-15(22)13-11(9-5-4-6-10(17)7-9)8-12(21)18-14(13)20(16)2/h4-7,11H,3,8H2,1-2H3,(H,18,21). The quantitative estimate of drug-likeness (QED) is 0.683. The summed E-state index contributed by atoms with van der Waals surface area (Å²) >= 11 is 7.53. The van der Waals surface area contributed by atoms with E-state index in [4.69, 9.17) is 11.6 Å². The van der Waals surface area contributed by atoms with E-state index >= 15 is 0 Å². The summed E-state index contributed by atoms with van der Waals surface area (Å²) in [6.45, 7) is 1.99. The second-order valence-corrected chi connectivity index (χ2v) is 6.98. The van der Waals surface area contributed by atoms with Crippen molar-refractivity contribution in [1.29, 1.82) is 0 Å². The Balaban J connectivity index is 2.20. The first-order chi connectivity index (χ1) is 11.0. The third kappa shape index (κ3) is 3.01. The Morgan fingerprint density at radius 3 is 2.91 bits per heavy atom. The molecule has 0 fully saturated rings. The Bertz CT molecular complexity index is 835. The Kier molecular flexibility index (Phi) is 4.46. The topological polar surface area (TPSA) is 64.0 Å². The van der Waals surface area contributed by atoms with Gasteiger partial charge in [-0.05, 0) is 23.4 Å². The number of amides is 1. The number of nitrogens with zero attached hydrogens (tertiary/aromatic N) is 2. The molecular weight excluding hydrogens is 334 g/mol. The molecule has 5 nitrogen and oxygen atoms in total. The highest BCUT2D eigenvalue weighted by molar-refractivity contribution is 7.99. The third-order valence-electron chi connectivity index (χ3n) is 3.83. The number of hydrogen-bond donors (Lipinski definition) is 1. The molecule has 0 saturated carbocycles.